The number of benzene rings is 1. The molecule has 0 unspecified atom stereocenters. The van der Waals surface area contributed by atoms with E-state index in [1.54, 1.807) is 10.9 Å². The molecule has 0 radical (unpaired) electrons. The smallest absolute Gasteiger partial charge is 0.315 e. The molecular weight excluding hydrogens is 284 g/mol. The van der Waals surface area contributed by atoms with Gasteiger partial charge in [-0.2, -0.15) is 5.10 Å². The molecule has 0 aliphatic carbocycles. The largest absolute Gasteiger partial charge is 0.481 e. The van der Waals surface area contributed by atoms with Gasteiger partial charge in [-0.3, -0.25) is 9.48 Å². The predicted octanol–water partition coefficient (Wildman–Crippen LogP) is 1.21. The van der Waals surface area contributed by atoms with E-state index < -0.39 is 12.0 Å². The van der Waals surface area contributed by atoms with Gasteiger partial charge in [0.15, 0.2) is 0 Å². The molecule has 0 saturated heterocycles. The molecule has 1 aromatic carbocycles. The highest BCUT2D eigenvalue weighted by molar-refractivity contribution is 5.74. The number of hydrogen-bond donors (Lipinski definition) is 3. The Balaban J connectivity index is 1.75. The lowest BCUT2D eigenvalue weighted by Gasteiger charge is -2.05. The molecule has 0 bridgehead atoms. The van der Waals surface area contributed by atoms with Gasteiger partial charge < -0.3 is 15.7 Å². The average molecular weight is 302 g/mol. The first kappa shape index (κ1) is 15.6. The molecule has 2 aromatic rings. The summed E-state index contributed by atoms with van der Waals surface area (Å²) in [5.41, 5.74) is 2.03. The van der Waals surface area contributed by atoms with Gasteiger partial charge in [-0.25, -0.2) is 4.79 Å². The second kappa shape index (κ2) is 7.82. The van der Waals surface area contributed by atoms with Crippen molar-refractivity contribution in [2.75, 3.05) is 6.54 Å². The molecule has 0 aliphatic heterocycles. The molecule has 1 heterocycles. The Kier molecular flexibility index (Phi) is 5.53. The third-order valence-electron chi connectivity index (χ3n) is 2.95. The second-order valence-electron chi connectivity index (χ2n) is 4.78. The van der Waals surface area contributed by atoms with Crippen LogP contribution in [-0.4, -0.2) is 33.4 Å². The first-order valence-corrected chi connectivity index (χ1v) is 6.92. The van der Waals surface area contributed by atoms with Crippen LogP contribution in [0.25, 0.3) is 0 Å². The van der Waals surface area contributed by atoms with E-state index >= 15 is 0 Å². The third-order valence-corrected chi connectivity index (χ3v) is 2.95. The molecule has 0 fully saturated rings. The summed E-state index contributed by atoms with van der Waals surface area (Å²) in [7, 11) is 0. The summed E-state index contributed by atoms with van der Waals surface area (Å²) in [4.78, 5) is 21.8. The van der Waals surface area contributed by atoms with Gasteiger partial charge in [0, 0.05) is 24.8 Å². The maximum atomic E-state index is 11.5. The lowest BCUT2D eigenvalue weighted by atomic mass is 10.2. The molecule has 2 rings (SSSR count). The Bertz CT molecular complexity index is 625. The van der Waals surface area contributed by atoms with E-state index in [4.69, 9.17) is 5.11 Å². The molecule has 22 heavy (non-hydrogen) atoms. The van der Waals surface area contributed by atoms with E-state index in [1.807, 2.05) is 36.5 Å². The number of carbonyl (C=O) groups excluding carboxylic acids is 1. The fourth-order valence-electron chi connectivity index (χ4n) is 1.88. The SMILES string of the molecule is O=C(O)CCNC(=O)NCc1cnn(Cc2ccccc2)c1. The second-order valence-corrected chi connectivity index (χ2v) is 4.78. The predicted molar refractivity (Wildman–Crippen MR) is 80.3 cm³/mol. The number of nitrogens with one attached hydrogen (secondary N) is 2. The standard InChI is InChI=1S/C15H18N4O3/c20-14(21)6-7-16-15(22)17-8-13-9-18-19(11-13)10-12-4-2-1-3-5-12/h1-5,9,11H,6-8,10H2,(H,20,21)(H2,16,17,22). The number of aliphatic carboxylic acids is 1. The molecule has 0 atom stereocenters. The average Bonchev–Trinajstić information content (AvgIpc) is 2.93. The van der Waals surface area contributed by atoms with E-state index in [2.05, 4.69) is 15.7 Å². The van der Waals surface area contributed by atoms with Gasteiger partial charge in [0.2, 0.25) is 0 Å². The van der Waals surface area contributed by atoms with Crippen molar-refractivity contribution in [1.82, 2.24) is 20.4 Å². The van der Waals surface area contributed by atoms with Crippen LogP contribution in [0.4, 0.5) is 4.79 Å². The van der Waals surface area contributed by atoms with Gasteiger partial charge >= 0.3 is 12.0 Å². The van der Waals surface area contributed by atoms with Crippen LogP contribution in [-0.2, 0) is 17.9 Å². The van der Waals surface area contributed by atoms with Crippen molar-refractivity contribution in [3.05, 3.63) is 53.9 Å². The number of hydrogen-bond acceptors (Lipinski definition) is 3. The molecule has 0 saturated carbocycles. The highest BCUT2D eigenvalue weighted by Crippen LogP contribution is 2.03. The van der Waals surface area contributed by atoms with E-state index in [0.29, 0.717) is 13.1 Å². The van der Waals surface area contributed by atoms with Crippen molar-refractivity contribution < 1.29 is 14.7 Å². The Labute approximate surface area is 128 Å². The minimum absolute atomic E-state index is 0.0948. The van der Waals surface area contributed by atoms with E-state index in [0.717, 1.165) is 11.1 Å². The Hall–Kier alpha value is -2.83. The van der Waals surface area contributed by atoms with Gasteiger partial charge in [-0.15, -0.1) is 0 Å². The minimum atomic E-state index is -0.942. The summed E-state index contributed by atoms with van der Waals surface area (Å²) in [5.74, 6) is -0.942. The van der Waals surface area contributed by atoms with E-state index in [9.17, 15) is 9.59 Å². The van der Waals surface area contributed by atoms with Crippen molar-refractivity contribution in [3.63, 3.8) is 0 Å². The first-order valence-electron chi connectivity index (χ1n) is 6.92. The lowest BCUT2D eigenvalue weighted by molar-refractivity contribution is -0.136. The molecular formula is C15H18N4O3. The molecule has 116 valence electrons. The van der Waals surface area contributed by atoms with Gasteiger partial charge in [0.1, 0.15) is 0 Å². The number of nitrogens with zero attached hydrogens (tertiary/aromatic N) is 2. The van der Waals surface area contributed by atoms with Gasteiger partial charge in [-0.1, -0.05) is 30.3 Å². The number of rotatable bonds is 7. The van der Waals surface area contributed by atoms with Crippen molar-refractivity contribution in [2.24, 2.45) is 0 Å². The van der Waals surface area contributed by atoms with Crippen molar-refractivity contribution in [1.29, 1.82) is 0 Å². The minimum Gasteiger partial charge on any atom is -0.481 e. The van der Waals surface area contributed by atoms with Crippen LogP contribution in [0.5, 0.6) is 0 Å². The fraction of sp³-hybridized carbons (Fsp3) is 0.267. The topological polar surface area (TPSA) is 96.2 Å². The van der Waals surface area contributed by atoms with Crippen molar-refractivity contribution in [2.45, 2.75) is 19.5 Å². The summed E-state index contributed by atoms with van der Waals surface area (Å²) in [6.45, 7) is 1.12. The van der Waals surface area contributed by atoms with Gasteiger partial charge in [0.05, 0.1) is 19.2 Å². The third kappa shape index (κ3) is 5.28. The molecule has 0 aliphatic rings. The normalized spacial score (nSPS) is 10.2. The summed E-state index contributed by atoms with van der Waals surface area (Å²) >= 11 is 0. The zero-order chi connectivity index (χ0) is 15.8. The number of carboxylic acids is 1. The van der Waals surface area contributed by atoms with Crippen LogP contribution in [0, 0.1) is 0 Å². The van der Waals surface area contributed by atoms with Crippen LogP contribution >= 0.6 is 0 Å². The number of amides is 2. The summed E-state index contributed by atoms with van der Waals surface area (Å²) in [6.07, 6.45) is 3.47. The highest BCUT2D eigenvalue weighted by atomic mass is 16.4. The maximum absolute atomic E-state index is 11.5. The Morgan fingerprint density at radius 3 is 2.64 bits per heavy atom. The Morgan fingerprint density at radius 1 is 1.14 bits per heavy atom. The number of carboxylic acid groups (broad SMARTS) is 1. The van der Waals surface area contributed by atoms with Crippen LogP contribution < -0.4 is 10.6 Å². The summed E-state index contributed by atoms with van der Waals surface area (Å²) in [5, 5.41) is 17.8. The number of urea groups is 1. The summed E-state index contributed by atoms with van der Waals surface area (Å²) in [6, 6.07) is 9.57. The zero-order valence-corrected chi connectivity index (χ0v) is 12.0. The fourth-order valence-corrected chi connectivity index (χ4v) is 1.88. The zero-order valence-electron chi connectivity index (χ0n) is 12.0. The van der Waals surface area contributed by atoms with Crippen molar-refractivity contribution in [3.8, 4) is 0 Å². The van der Waals surface area contributed by atoms with E-state index in [-0.39, 0.29) is 13.0 Å². The van der Waals surface area contributed by atoms with Gasteiger partial charge in [0.25, 0.3) is 0 Å². The maximum Gasteiger partial charge on any atom is 0.315 e. The van der Waals surface area contributed by atoms with Crippen LogP contribution in [0.15, 0.2) is 42.7 Å². The van der Waals surface area contributed by atoms with Crippen molar-refractivity contribution >= 4 is 12.0 Å². The number of carbonyl (C=O) groups is 2. The molecule has 0 spiro atoms. The lowest BCUT2D eigenvalue weighted by Crippen LogP contribution is -2.36. The van der Waals surface area contributed by atoms with E-state index in [1.165, 1.54) is 0 Å². The molecule has 2 amide bonds. The molecule has 3 N–H and O–H groups in total. The molecule has 7 heteroatoms. The van der Waals surface area contributed by atoms with Crippen LogP contribution in [0.1, 0.15) is 17.5 Å². The Morgan fingerprint density at radius 2 is 1.91 bits per heavy atom. The van der Waals surface area contributed by atoms with Crippen LogP contribution in [0.2, 0.25) is 0 Å². The molecule has 1 aromatic heterocycles. The quantitative estimate of drug-likeness (QED) is 0.716. The van der Waals surface area contributed by atoms with Crippen LogP contribution in [0.3, 0.4) is 0 Å². The molecule has 7 nitrogen and oxygen atoms in total. The van der Waals surface area contributed by atoms with Gasteiger partial charge in [-0.05, 0) is 5.56 Å². The number of aromatic nitrogens is 2. The monoisotopic (exact) mass is 302 g/mol. The summed E-state index contributed by atoms with van der Waals surface area (Å²) < 4.78 is 1.80. The first-order chi connectivity index (χ1) is 10.6. The highest BCUT2D eigenvalue weighted by Gasteiger charge is 2.04.